The van der Waals surface area contributed by atoms with Crippen molar-refractivity contribution in [3.63, 3.8) is 0 Å². The van der Waals surface area contributed by atoms with E-state index in [0.717, 1.165) is 41.5 Å². The zero-order chi connectivity index (χ0) is 24.8. The molecule has 2 amide bonds. The molecule has 3 N–H and O–H groups in total. The van der Waals surface area contributed by atoms with Crippen LogP contribution in [0.1, 0.15) is 55.6 Å². The first-order valence-electron chi connectivity index (χ1n) is 12.1. The van der Waals surface area contributed by atoms with Gasteiger partial charge < -0.3 is 25.2 Å². The standard InChI is InChI=1S/C27H32N2O6/c1-34-17-23(25(31)32)28-24(30)15-27(13-7-2-8-14-27)29-26(33)35-16-22-20-11-5-3-9-18(20)19-10-4-6-12-21(19)22/h3-6,9-12,22-23H,2,7-8,13-17H2,1H3,(H,28,30)(H,29,33)(H,31,32)/t23-/m0/s1. The number of carboxylic acid groups (broad SMARTS) is 1. The first-order chi connectivity index (χ1) is 16.9. The highest BCUT2D eigenvalue weighted by Gasteiger charge is 2.38. The van der Waals surface area contributed by atoms with Gasteiger partial charge in [0.15, 0.2) is 6.04 Å². The summed E-state index contributed by atoms with van der Waals surface area (Å²) in [5.41, 5.74) is 3.81. The lowest BCUT2D eigenvalue weighted by molar-refractivity contribution is -0.143. The van der Waals surface area contributed by atoms with Gasteiger partial charge in [-0.25, -0.2) is 9.59 Å². The van der Waals surface area contributed by atoms with Crippen LogP contribution in [-0.2, 0) is 19.1 Å². The van der Waals surface area contributed by atoms with E-state index in [-0.39, 0.29) is 25.6 Å². The van der Waals surface area contributed by atoms with E-state index >= 15 is 0 Å². The molecule has 0 saturated heterocycles. The van der Waals surface area contributed by atoms with E-state index in [4.69, 9.17) is 9.47 Å². The number of hydrogen-bond donors (Lipinski definition) is 3. The van der Waals surface area contributed by atoms with Gasteiger partial charge in [-0.1, -0.05) is 67.8 Å². The van der Waals surface area contributed by atoms with Crippen molar-refractivity contribution < 1.29 is 29.0 Å². The number of carbonyl (C=O) groups is 3. The predicted molar refractivity (Wildman–Crippen MR) is 130 cm³/mol. The molecule has 2 aromatic carbocycles. The Bertz CT molecular complexity index is 1030. The van der Waals surface area contributed by atoms with E-state index < -0.39 is 29.6 Å². The fourth-order valence-corrected chi connectivity index (χ4v) is 5.32. The second-order valence-corrected chi connectivity index (χ2v) is 9.38. The number of benzene rings is 2. The number of nitrogens with one attached hydrogen (secondary N) is 2. The molecule has 0 heterocycles. The third kappa shape index (κ3) is 5.65. The molecular weight excluding hydrogens is 448 g/mol. The molecule has 1 fully saturated rings. The predicted octanol–water partition coefficient (Wildman–Crippen LogP) is 3.83. The normalized spacial score (nSPS) is 17.1. The van der Waals surface area contributed by atoms with Gasteiger partial charge in [-0.2, -0.15) is 0 Å². The van der Waals surface area contributed by atoms with Crippen molar-refractivity contribution in [2.45, 2.75) is 56.0 Å². The van der Waals surface area contributed by atoms with Crippen LogP contribution in [0.4, 0.5) is 4.79 Å². The highest BCUT2D eigenvalue weighted by atomic mass is 16.5. The first-order valence-corrected chi connectivity index (χ1v) is 12.1. The van der Waals surface area contributed by atoms with Crippen molar-refractivity contribution in [3.05, 3.63) is 59.7 Å². The maximum Gasteiger partial charge on any atom is 0.407 e. The number of carboxylic acids is 1. The third-order valence-corrected chi connectivity index (χ3v) is 6.99. The summed E-state index contributed by atoms with van der Waals surface area (Å²) in [5, 5.41) is 14.8. The third-order valence-electron chi connectivity index (χ3n) is 6.99. The molecule has 0 spiro atoms. The van der Waals surface area contributed by atoms with E-state index in [9.17, 15) is 19.5 Å². The average molecular weight is 481 g/mol. The minimum Gasteiger partial charge on any atom is -0.480 e. The van der Waals surface area contributed by atoms with Gasteiger partial charge in [-0.3, -0.25) is 4.79 Å². The smallest absolute Gasteiger partial charge is 0.407 e. The number of amides is 2. The summed E-state index contributed by atoms with van der Waals surface area (Å²) in [4.78, 5) is 37.0. The molecule has 2 aromatic rings. The largest absolute Gasteiger partial charge is 0.480 e. The molecule has 0 radical (unpaired) electrons. The minimum atomic E-state index is -1.16. The number of ether oxygens (including phenoxy) is 2. The van der Waals surface area contributed by atoms with Gasteiger partial charge in [0.1, 0.15) is 6.61 Å². The van der Waals surface area contributed by atoms with E-state index in [2.05, 4.69) is 34.9 Å². The quantitative estimate of drug-likeness (QED) is 0.503. The summed E-state index contributed by atoms with van der Waals surface area (Å²) in [7, 11) is 1.38. The highest BCUT2D eigenvalue weighted by molar-refractivity contribution is 5.85. The van der Waals surface area contributed by atoms with E-state index in [0.29, 0.717) is 12.8 Å². The monoisotopic (exact) mass is 480 g/mol. The van der Waals surface area contributed by atoms with Crippen molar-refractivity contribution in [2.75, 3.05) is 20.3 Å². The van der Waals surface area contributed by atoms with Crippen molar-refractivity contribution in [2.24, 2.45) is 0 Å². The fourth-order valence-electron chi connectivity index (χ4n) is 5.32. The SMILES string of the molecule is COC[C@H](NC(=O)CC1(NC(=O)OCC2c3ccccc3-c3ccccc32)CCCCC1)C(=O)O. The number of carbonyl (C=O) groups excluding carboxylic acids is 2. The Labute approximate surface area is 205 Å². The molecule has 186 valence electrons. The highest BCUT2D eigenvalue weighted by Crippen LogP contribution is 2.44. The molecule has 4 rings (SSSR count). The number of aliphatic carboxylic acids is 1. The molecule has 8 heteroatoms. The molecule has 2 aliphatic rings. The number of rotatable bonds is 9. The molecular formula is C27H32N2O6. The summed E-state index contributed by atoms with van der Waals surface area (Å²) in [6, 6.07) is 15.1. The summed E-state index contributed by atoms with van der Waals surface area (Å²) < 4.78 is 10.6. The summed E-state index contributed by atoms with van der Waals surface area (Å²) >= 11 is 0. The Kier molecular flexibility index (Phi) is 7.70. The van der Waals surface area contributed by atoms with Gasteiger partial charge in [-0.15, -0.1) is 0 Å². The molecule has 0 aromatic heterocycles. The van der Waals surface area contributed by atoms with Crippen LogP contribution in [0.2, 0.25) is 0 Å². The topological polar surface area (TPSA) is 114 Å². The van der Waals surface area contributed by atoms with Crippen LogP contribution in [0, 0.1) is 0 Å². The second-order valence-electron chi connectivity index (χ2n) is 9.38. The van der Waals surface area contributed by atoms with Crippen LogP contribution >= 0.6 is 0 Å². The summed E-state index contributed by atoms with van der Waals surface area (Å²) in [6.07, 6.45) is 3.46. The average Bonchev–Trinajstić information content (AvgIpc) is 3.16. The Morgan fingerprint density at radius 1 is 1.00 bits per heavy atom. The lowest BCUT2D eigenvalue weighted by Crippen LogP contribution is -2.54. The van der Waals surface area contributed by atoms with Crippen LogP contribution in [-0.4, -0.2) is 55.0 Å². The van der Waals surface area contributed by atoms with Crippen LogP contribution in [0.3, 0.4) is 0 Å². The van der Waals surface area contributed by atoms with Crippen LogP contribution < -0.4 is 10.6 Å². The van der Waals surface area contributed by atoms with E-state index in [1.54, 1.807) is 0 Å². The number of alkyl carbamates (subject to hydrolysis) is 1. The molecule has 2 aliphatic carbocycles. The first kappa shape index (κ1) is 24.7. The summed E-state index contributed by atoms with van der Waals surface area (Å²) in [5.74, 6) is -1.65. The lowest BCUT2D eigenvalue weighted by Gasteiger charge is -2.37. The Morgan fingerprint density at radius 3 is 2.17 bits per heavy atom. The molecule has 0 aliphatic heterocycles. The van der Waals surface area contributed by atoms with Crippen molar-refractivity contribution >= 4 is 18.0 Å². The van der Waals surface area contributed by atoms with Crippen molar-refractivity contribution in [1.29, 1.82) is 0 Å². The van der Waals surface area contributed by atoms with Crippen LogP contribution in [0.25, 0.3) is 11.1 Å². The lowest BCUT2D eigenvalue weighted by atomic mass is 9.79. The Morgan fingerprint density at radius 2 is 1.60 bits per heavy atom. The Balaban J connectivity index is 1.41. The number of methoxy groups -OCH3 is 1. The van der Waals surface area contributed by atoms with Gasteiger partial charge >= 0.3 is 12.1 Å². The Hall–Kier alpha value is -3.39. The van der Waals surface area contributed by atoms with Crippen LogP contribution in [0.5, 0.6) is 0 Å². The van der Waals surface area contributed by atoms with Crippen molar-refractivity contribution in [1.82, 2.24) is 10.6 Å². The van der Waals surface area contributed by atoms with Gasteiger partial charge in [0, 0.05) is 19.4 Å². The molecule has 35 heavy (non-hydrogen) atoms. The number of fused-ring (bicyclic) bond motifs is 3. The molecule has 8 nitrogen and oxygen atoms in total. The molecule has 1 saturated carbocycles. The van der Waals surface area contributed by atoms with Crippen molar-refractivity contribution in [3.8, 4) is 11.1 Å². The maximum atomic E-state index is 12.9. The van der Waals surface area contributed by atoms with Gasteiger partial charge in [0.25, 0.3) is 0 Å². The van der Waals surface area contributed by atoms with Crippen LogP contribution in [0.15, 0.2) is 48.5 Å². The van der Waals surface area contributed by atoms with E-state index in [1.807, 2.05) is 24.3 Å². The zero-order valence-electron chi connectivity index (χ0n) is 19.9. The minimum absolute atomic E-state index is 0.00924. The second kappa shape index (κ2) is 10.9. The summed E-state index contributed by atoms with van der Waals surface area (Å²) in [6.45, 7) is 0.0605. The maximum absolute atomic E-state index is 12.9. The van der Waals surface area contributed by atoms with Gasteiger partial charge in [0.2, 0.25) is 5.91 Å². The molecule has 0 unspecified atom stereocenters. The van der Waals surface area contributed by atoms with Gasteiger partial charge in [-0.05, 0) is 35.1 Å². The molecule has 0 bridgehead atoms. The van der Waals surface area contributed by atoms with Gasteiger partial charge in [0.05, 0.1) is 12.1 Å². The van der Waals surface area contributed by atoms with E-state index in [1.165, 1.54) is 7.11 Å². The fraction of sp³-hybridized carbons (Fsp3) is 0.444. The zero-order valence-corrected chi connectivity index (χ0v) is 19.9. The molecule has 1 atom stereocenters. The number of hydrogen-bond acceptors (Lipinski definition) is 5.